The second-order valence-corrected chi connectivity index (χ2v) is 4.59. The number of nitrogens with one attached hydrogen (secondary N) is 1. The van der Waals surface area contributed by atoms with Crippen LogP contribution in [0.5, 0.6) is 0 Å². The van der Waals surface area contributed by atoms with Crippen molar-refractivity contribution in [2.24, 2.45) is 0 Å². The molecule has 0 radical (unpaired) electrons. The summed E-state index contributed by atoms with van der Waals surface area (Å²) in [6, 6.07) is 17.7. The average Bonchev–Trinajstić information content (AvgIpc) is 2.54. The van der Waals surface area contributed by atoms with E-state index in [1.54, 1.807) is 6.92 Å². The molecule has 0 aliphatic carbocycles. The Hall–Kier alpha value is -2.57. The lowest BCUT2D eigenvalue weighted by molar-refractivity contribution is -0.116. The molecule has 0 spiro atoms. The fourth-order valence-electron chi connectivity index (χ4n) is 1.99. The highest BCUT2D eigenvalue weighted by Gasteiger charge is 2.08. The molecular formula is C18H17NO2. The van der Waals surface area contributed by atoms with Crippen molar-refractivity contribution >= 4 is 5.91 Å². The van der Waals surface area contributed by atoms with Gasteiger partial charge in [0.25, 0.3) is 5.91 Å². The zero-order chi connectivity index (χ0) is 15.1. The van der Waals surface area contributed by atoms with Crippen molar-refractivity contribution < 1.29 is 9.90 Å². The first-order chi connectivity index (χ1) is 10.2. The first kappa shape index (κ1) is 14.8. The summed E-state index contributed by atoms with van der Waals surface area (Å²) >= 11 is 0. The first-order valence-corrected chi connectivity index (χ1v) is 6.74. The summed E-state index contributed by atoms with van der Waals surface area (Å²) in [5.41, 5.74) is 2.98. The van der Waals surface area contributed by atoms with Crippen molar-refractivity contribution in [3.8, 4) is 23.0 Å². The van der Waals surface area contributed by atoms with E-state index in [1.165, 1.54) is 0 Å². The van der Waals surface area contributed by atoms with E-state index in [-0.39, 0.29) is 12.5 Å². The molecule has 0 saturated heterocycles. The summed E-state index contributed by atoms with van der Waals surface area (Å²) in [5.74, 6) is 4.51. The molecule has 1 atom stereocenters. The molecule has 0 fully saturated rings. The number of benzene rings is 2. The van der Waals surface area contributed by atoms with Gasteiger partial charge in [-0.25, -0.2) is 0 Å². The molecule has 0 aromatic heterocycles. The number of hydrogen-bond acceptors (Lipinski definition) is 2. The third-order valence-electron chi connectivity index (χ3n) is 3.10. The molecule has 0 bridgehead atoms. The maximum atomic E-state index is 11.2. The van der Waals surface area contributed by atoms with Gasteiger partial charge in [0.2, 0.25) is 0 Å². The van der Waals surface area contributed by atoms with Crippen LogP contribution in [0.2, 0.25) is 0 Å². The minimum absolute atomic E-state index is 0.151. The van der Waals surface area contributed by atoms with E-state index in [9.17, 15) is 9.90 Å². The van der Waals surface area contributed by atoms with Gasteiger partial charge >= 0.3 is 0 Å². The summed E-state index contributed by atoms with van der Waals surface area (Å²) in [6.07, 6.45) is -0.738. The van der Waals surface area contributed by atoms with E-state index in [4.69, 9.17) is 0 Å². The molecule has 2 N–H and O–H groups in total. The van der Waals surface area contributed by atoms with Gasteiger partial charge in [-0.15, -0.1) is 0 Å². The Kier molecular flexibility index (Phi) is 5.14. The Morgan fingerprint density at radius 1 is 1.10 bits per heavy atom. The number of aliphatic hydroxyl groups is 1. The molecule has 21 heavy (non-hydrogen) atoms. The van der Waals surface area contributed by atoms with E-state index in [0.717, 1.165) is 16.7 Å². The normalized spacial score (nSPS) is 11.1. The topological polar surface area (TPSA) is 49.3 Å². The fourth-order valence-corrected chi connectivity index (χ4v) is 1.99. The quantitative estimate of drug-likeness (QED) is 0.845. The summed E-state index contributed by atoms with van der Waals surface area (Å²) < 4.78 is 0. The lowest BCUT2D eigenvalue weighted by atomic mass is 10.0. The van der Waals surface area contributed by atoms with Crippen LogP contribution in [-0.4, -0.2) is 17.6 Å². The van der Waals surface area contributed by atoms with Gasteiger partial charge in [0.1, 0.15) is 0 Å². The number of carbonyl (C=O) groups excluding carboxylic acids is 1. The fraction of sp³-hybridized carbons (Fsp3) is 0.167. The largest absolute Gasteiger partial charge is 0.387 e. The molecule has 2 rings (SSSR count). The lowest BCUT2D eigenvalue weighted by Gasteiger charge is -2.11. The second-order valence-electron chi connectivity index (χ2n) is 4.59. The van der Waals surface area contributed by atoms with Crippen molar-refractivity contribution in [3.05, 3.63) is 60.2 Å². The van der Waals surface area contributed by atoms with Crippen LogP contribution in [0.3, 0.4) is 0 Å². The van der Waals surface area contributed by atoms with Crippen LogP contribution in [0.4, 0.5) is 0 Å². The van der Waals surface area contributed by atoms with Crippen LogP contribution < -0.4 is 5.32 Å². The van der Waals surface area contributed by atoms with Gasteiger partial charge in [-0.05, 0) is 29.5 Å². The van der Waals surface area contributed by atoms with Crippen LogP contribution in [0, 0.1) is 11.8 Å². The highest BCUT2D eigenvalue weighted by Crippen LogP contribution is 2.21. The molecule has 106 valence electrons. The highest BCUT2D eigenvalue weighted by atomic mass is 16.3. The molecule has 3 nitrogen and oxygen atoms in total. The van der Waals surface area contributed by atoms with Gasteiger partial charge < -0.3 is 10.4 Å². The molecule has 0 aliphatic heterocycles. The standard InChI is InChI=1S/C18H17NO2/c1-2-6-18(21)19-13-17(20)16-11-9-15(10-12-16)14-7-4-3-5-8-14/h3-5,7-12,17,20H,13H2,1H3,(H,19,21). The van der Waals surface area contributed by atoms with Gasteiger partial charge in [-0.3, -0.25) is 4.79 Å². The van der Waals surface area contributed by atoms with Crippen molar-refractivity contribution in [2.45, 2.75) is 13.0 Å². The molecule has 2 aromatic carbocycles. The van der Waals surface area contributed by atoms with Crippen LogP contribution in [-0.2, 0) is 4.79 Å². The Morgan fingerprint density at radius 3 is 2.33 bits per heavy atom. The zero-order valence-electron chi connectivity index (χ0n) is 11.8. The SMILES string of the molecule is CC#CC(=O)NCC(O)c1ccc(-c2ccccc2)cc1. The molecule has 2 aromatic rings. The molecule has 1 unspecified atom stereocenters. The summed E-state index contributed by atoms with van der Waals surface area (Å²) in [7, 11) is 0. The molecule has 1 amide bonds. The molecule has 3 heteroatoms. The van der Waals surface area contributed by atoms with Crippen LogP contribution in [0.15, 0.2) is 54.6 Å². The Morgan fingerprint density at radius 2 is 1.71 bits per heavy atom. The third kappa shape index (κ3) is 4.20. The third-order valence-corrected chi connectivity index (χ3v) is 3.10. The molecular weight excluding hydrogens is 262 g/mol. The van der Waals surface area contributed by atoms with E-state index in [1.807, 2.05) is 54.6 Å². The average molecular weight is 279 g/mol. The van der Waals surface area contributed by atoms with Crippen LogP contribution >= 0.6 is 0 Å². The van der Waals surface area contributed by atoms with E-state index in [2.05, 4.69) is 17.2 Å². The number of rotatable bonds is 4. The van der Waals surface area contributed by atoms with Crippen molar-refractivity contribution in [3.63, 3.8) is 0 Å². The lowest BCUT2D eigenvalue weighted by Crippen LogP contribution is -2.27. The van der Waals surface area contributed by atoms with Gasteiger partial charge in [-0.1, -0.05) is 60.5 Å². The Bertz CT molecular complexity index is 651. The van der Waals surface area contributed by atoms with Crippen molar-refractivity contribution in [2.75, 3.05) is 6.54 Å². The van der Waals surface area contributed by atoms with Crippen LogP contribution in [0.1, 0.15) is 18.6 Å². The number of amides is 1. The maximum absolute atomic E-state index is 11.2. The van der Waals surface area contributed by atoms with E-state index >= 15 is 0 Å². The predicted octanol–water partition coefficient (Wildman–Crippen LogP) is 2.53. The van der Waals surface area contributed by atoms with Crippen molar-refractivity contribution in [1.29, 1.82) is 0 Å². The van der Waals surface area contributed by atoms with Gasteiger partial charge in [0.15, 0.2) is 0 Å². The molecule has 0 saturated carbocycles. The molecule has 0 aliphatic rings. The first-order valence-electron chi connectivity index (χ1n) is 6.74. The Labute approximate surface area is 124 Å². The molecule has 0 heterocycles. The summed E-state index contributed by atoms with van der Waals surface area (Å²) in [6.45, 7) is 1.75. The summed E-state index contributed by atoms with van der Waals surface area (Å²) in [4.78, 5) is 11.2. The zero-order valence-corrected chi connectivity index (χ0v) is 11.8. The Balaban J connectivity index is 2.01. The number of hydrogen-bond donors (Lipinski definition) is 2. The second kappa shape index (κ2) is 7.28. The van der Waals surface area contributed by atoms with Gasteiger partial charge in [0.05, 0.1) is 6.10 Å². The van der Waals surface area contributed by atoms with E-state index in [0.29, 0.717) is 0 Å². The minimum Gasteiger partial charge on any atom is -0.387 e. The predicted molar refractivity (Wildman–Crippen MR) is 83.3 cm³/mol. The number of carbonyl (C=O) groups is 1. The summed E-state index contributed by atoms with van der Waals surface area (Å²) in [5, 5.41) is 12.6. The number of aliphatic hydroxyl groups excluding tert-OH is 1. The van der Waals surface area contributed by atoms with Crippen molar-refractivity contribution in [1.82, 2.24) is 5.32 Å². The van der Waals surface area contributed by atoms with Gasteiger partial charge in [0, 0.05) is 6.54 Å². The van der Waals surface area contributed by atoms with Gasteiger partial charge in [-0.2, -0.15) is 0 Å². The van der Waals surface area contributed by atoms with E-state index < -0.39 is 6.10 Å². The highest BCUT2D eigenvalue weighted by molar-refractivity contribution is 5.93. The van der Waals surface area contributed by atoms with Crippen LogP contribution in [0.25, 0.3) is 11.1 Å². The monoisotopic (exact) mass is 279 g/mol. The minimum atomic E-state index is -0.738. The smallest absolute Gasteiger partial charge is 0.295 e. The maximum Gasteiger partial charge on any atom is 0.295 e.